The van der Waals surface area contributed by atoms with Crippen molar-refractivity contribution in [3.05, 3.63) is 53.6 Å². The largest absolute Gasteiger partial charge is 0.488 e. The van der Waals surface area contributed by atoms with Crippen LogP contribution in [0.15, 0.2) is 47.4 Å². The van der Waals surface area contributed by atoms with Gasteiger partial charge in [-0.1, -0.05) is 24.6 Å². The van der Waals surface area contributed by atoms with Crippen LogP contribution in [0.5, 0.6) is 5.75 Å². The van der Waals surface area contributed by atoms with Crippen LogP contribution in [-0.2, 0) is 31.3 Å². The number of anilines is 1. The molecule has 0 fully saturated rings. The second kappa shape index (κ2) is 11.4. The lowest BCUT2D eigenvalue weighted by atomic mass is 10.0. The number of aliphatic hydroxyl groups excluding tert-OH is 1. The van der Waals surface area contributed by atoms with E-state index in [4.69, 9.17) is 4.74 Å². The number of carbonyl (C=O) groups is 1. The molecule has 1 aliphatic heterocycles. The molecule has 2 N–H and O–H groups in total. The molecule has 0 aromatic heterocycles. The summed E-state index contributed by atoms with van der Waals surface area (Å²) in [6, 6.07) is 10.7. The van der Waals surface area contributed by atoms with E-state index in [0.717, 1.165) is 11.8 Å². The fraction of sp³-hybridized carbons (Fsp3) is 0.480. The quantitative estimate of drug-likeness (QED) is 0.510. The van der Waals surface area contributed by atoms with Gasteiger partial charge < -0.3 is 14.7 Å². The van der Waals surface area contributed by atoms with Gasteiger partial charge in [0.15, 0.2) is 0 Å². The van der Waals surface area contributed by atoms with Gasteiger partial charge in [0.25, 0.3) is 10.0 Å². The number of nitrogens with zero attached hydrogens (tertiary/aromatic N) is 2. The first-order valence-electron chi connectivity index (χ1n) is 11.9. The number of ether oxygens (including phenoxy) is 1. The Morgan fingerprint density at radius 1 is 1.16 bits per heavy atom. The van der Waals surface area contributed by atoms with E-state index >= 15 is 0 Å². The van der Waals surface area contributed by atoms with Crippen LogP contribution >= 0.6 is 0 Å². The Morgan fingerprint density at radius 3 is 2.41 bits per heavy atom. The van der Waals surface area contributed by atoms with Crippen molar-refractivity contribution in [1.29, 1.82) is 0 Å². The molecule has 1 heterocycles. The molecule has 37 heavy (non-hydrogen) atoms. The highest BCUT2D eigenvalue weighted by Crippen LogP contribution is 2.30. The fourth-order valence-corrected chi connectivity index (χ4v) is 5.50. The third kappa shape index (κ3) is 7.22. The molecule has 0 saturated heterocycles. The van der Waals surface area contributed by atoms with E-state index in [0.29, 0.717) is 11.3 Å². The molecular formula is C25H35N3O7S2. The number of sulfonamides is 2. The lowest BCUT2D eigenvalue weighted by molar-refractivity contribution is -0.134. The van der Waals surface area contributed by atoms with Crippen molar-refractivity contribution < 1.29 is 31.5 Å². The highest BCUT2D eigenvalue weighted by Gasteiger charge is 2.32. The molecule has 12 heteroatoms. The standard InChI is InChI=1S/C25H35N3O7S2/c1-17-6-9-22(10-7-17)37(33,34)26-21-8-11-23-20(12-21)13-25(30)28(19(3)16-29)14-18(2)24(35-23)15-27(4)36(5,31)32/h6-12,18-19,24,26,29H,13-16H2,1-5H3/t18-,19-,24+/m1/s1. The van der Waals surface area contributed by atoms with Gasteiger partial charge in [0, 0.05) is 30.8 Å². The lowest BCUT2D eigenvalue weighted by Crippen LogP contribution is -2.48. The molecule has 2 aromatic carbocycles. The van der Waals surface area contributed by atoms with Crippen molar-refractivity contribution in [2.75, 3.05) is 37.7 Å². The first kappa shape index (κ1) is 28.9. The van der Waals surface area contributed by atoms with Gasteiger partial charge in [-0.25, -0.2) is 21.1 Å². The second-order valence-electron chi connectivity index (χ2n) is 9.67. The first-order valence-corrected chi connectivity index (χ1v) is 15.2. The van der Waals surface area contributed by atoms with Crippen molar-refractivity contribution in [2.24, 2.45) is 5.92 Å². The summed E-state index contributed by atoms with van der Waals surface area (Å²) >= 11 is 0. The Hall–Kier alpha value is -2.67. The molecule has 2 aromatic rings. The minimum atomic E-state index is -3.87. The number of rotatable bonds is 8. The summed E-state index contributed by atoms with van der Waals surface area (Å²) in [6.45, 7) is 5.52. The van der Waals surface area contributed by atoms with Crippen molar-refractivity contribution in [1.82, 2.24) is 9.21 Å². The van der Waals surface area contributed by atoms with E-state index in [-0.39, 0.29) is 48.5 Å². The summed E-state index contributed by atoms with van der Waals surface area (Å²) in [4.78, 5) is 14.9. The van der Waals surface area contributed by atoms with E-state index in [2.05, 4.69) is 4.72 Å². The van der Waals surface area contributed by atoms with Gasteiger partial charge >= 0.3 is 0 Å². The van der Waals surface area contributed by atoms with Crippen LogP contribution in [0.25, 0.3) is 0 Å². The predicted molar refractivity (Wildman–Crippen MR) is 141 cm³/mol. The van der Waals surface area contributed by atoms with Crippen LogP contribution in [0.3, 0.4) is 0 Å². The molecule has 10 nitrogen and oxygen atoms in total. The maximum Gasteiger partial charge on any atom is 0.261 e. The van der Waals surface area contributed by atoms with Gasteiger partial charge in [-0.15, -0.1) is 0 Å². The Balaban J connectivity index is 1.99. The summed E-state index contributed by atoms with van der Waals surface area (Å²) in [7, 11) is -5.89. The Bertz CT molecular complexity index is 1330. The topological polar surface area (TPSA) is 133 Å². The summed E-state index contributed by atoms with van der Waals surface area (Å²) in [5, 5.41) is 9.74. The zero-order valence-electron chi connectivity index (χ0n) is 21.7. The number of likely N-dealkylation sites (N-methyl/N-ethyl adjacent to an activating group) is 1. The van der Waals surface area contributed by atoms with Gasteiger partial charge in [-0.2, -0.15) is 0 Å². The Morgan fingerprint density at radius 2 is 1.81 bits per heavy atom. The molecule has 0 radical (unpaired) electrons. The van der Waals surface area contributed by atoms with Gasteiger partial charge in [-0.05, 0) is 44.2 Å². The molecule has 0 bridgehead atoms. The van der Waals surface area contributed by atoms with Crippen molar-refractivity contribution in [3.8, 4) is 5.75 Å². The van der Waals surface area contributed by atoms with Crippen LogP contribution in [-0.4, -0.2) is 82.2 Å². The summed E-state index contributed by atoms with van der Waals surface area (Å²) in [5.74, 6) is -0.161. The monoisotopic (exact) mass is 553 g/mol. The van der Waals surface area contributed by atoms with Gasteiger partial charge in [0.2, 0.25) is 15.9 Å². The molecule has 0 saturated carbocycles. The number of carbonyl (C=O) groups excluding carboxylic acids is 1. The number of benzene rings is 2. The normalized spacial score (nSPS) is 19.9. The maximum absolute atomic E-state index is 13.3. The van der Waals surface area contributed by atoms with Crippen LogP contribution in [0.4, 0.5) is 5.69 Å². The van der Waals surface area contributed by atoms with Gasteiger partial charge in [0.1, 0.15) is 11.9 Å². The van der Waals surface area contributed by atoms with E-state index < -0.39 is 32.2 Å². The third-order valence-corrected chi connectivity index (χ3v) is 9.18. The second-order valence-corrected chi connectivity index (χ2v) is 13.4. The molecule has 0 unspecified atom stereocenters. The van der Waals surface area contributed by atoms with Gasteiger partial charge in [-0.3, -0.25) is 9.52 Å². The van der Waals surface area contributed by atoms with Gasteiger partial charge in [0.05, 0.1) is 36.8 Å². The van der Waals surface area contributed by atoms with Crippen LogP contribution < -0.4 is 9.46 Å². The molecule has 0 aliphatic carbocycles. The molecule has 0 spiro atoms. The van der Waals surface area contributed by atoms with Crippen molar-refractivity contribution in [2.45, 2.75) is 44.2 Å². The number of hydrogen-bond donors (Lipinski definition) is 2. The third-order valence-electron chi connectivity index (χ3n) is 6.50. The SMILES string of the molecule is Cc1ccc(S(=O)(=O)Nc2ccc3c(c2)CC(=O)N([C@H](C)CO)C[C@@H](C)[C@H](CN(C)S(C)(=O)=O)O3)cc1. The lowest BCUT2D eigenvalue weighted by Gasteiger charge is -2.33. The van der Waals surface area contributed by atoms with E-state index in [1.165, 1.54) is 23.5 Å². The molecule has 1 aliphatic rings. The zero-order valence-corrected chi connectivity index (χ0v) is 23.3. The van der Waals surface area contributed by atoms with E-state index in [1.807, 2.05) is 13.8 Å². The Labute approximate surface area is 219 Å². The molecule has 204 valence electrons. The molecule has 3 rings (SSSR count). The minimum Gasteiger partial charge on any atom is -0.488 e. The number of aliphatic hydroxyl groups is 1. The minimum absolute atomic E-state index is 0.0524. The van der Waals surface area contributed by atoms with E-state index in [9.17, 15) is 26.7 Å². The highest BCUT2D eigenvalue weighted by atomic mass is 32.2. The van der Waals surface area contributed by atoms with Crippen molar-refractivity contribution >= 4 is 31.6 Å². The highest BCUT2D eigenvalue weighted by molar-refractivity contribution is 7.92. The first-order chi connectivity index (χ1) is 17.2. The average Bonchev–Trinajstić information content (AvgIpc) is 2.86. The summed E-state index contributed by atoms with van der Waals surface area (Å²) in [6.07, 6.45) is 0.422. The van der Waals surface area contributed by atoms with Crippen LogP contribution in [0, 0.1) is 12.8 Å². The Kier molecular flexibility index (Phi) is 8.89. The summed E-state index contributed by atoms with van der Waals surface area (Å²) < 4.78 is 60.0. The van der Waals surface area contributed by atoms with Crippen LogP contribution in [0.1, 0.15) is 25.0 Å². The number of aryl methyl sites for hydroxylation is 1. The van der Waals surface area contributed by atoms with E-state index in [1.54, 1.807) is 42.2 Å². The molecule has 1 amide bonds. The fourth-order valence-electron chi connectivity index (χ4n) is 4.03. The van der Waals surface area contributed by atoms with Crippen molar-refractivity contribution in [3.63, 3.8) is 0 Å². The number of amides is 1. The average molecular weight is 554 g/mol. The number of nitrogens with one attached hydrogen (secondary N) is 1. The number of hydrogen-bond acceptors (Lipinski definition) is 7. The zero-order chi connectivity index (χ0) is 27.5. The molecular weight excluding hydrogens is 518 g/mol. The van der Waals surface area contributed by atoms with Crippen LogP contribution in [0.2, 0.25) is 0 Å². The summed E-state index contributed by atoms with van der Waals surface area (Å²) in [5.41, 5.74) is 1.64. The predicted octanol–water partition coefficient (Wildman–Crippen LogP) is 1.84. The number of fused-ring (bicyclic) bond motifs is 1. The smallest absolute Gasteiger partial charge is 0.261 e. The molecule has 3 atom stereocenters. The maximum atomic E-state index is 13.3.